The van der Waals surface area contributed by atoms with E-state index in [1.54, 1.807) is 0 Å². The van der Waals surface area contributed by atoms with Crippen LogP contribution in [0.3, 0.4) is 0 Å². The van der Waals surface area contributed by atoms with E-state index in [1.165, 1.54) is 200 Å². The number of hydrogen-bond donors (Lipinski definition) is 0. The van der Waals surface area contributed by atoms with Crippen LogP contribution >= 0.6 is 0 Å². The first-order chi connectivity index (χ1) is 39.8. The highest BCUT2D eigenvalue weighted by Crippen LogP contribution is 2.65. The Kier molecular flexibility index (Phi) is 13.7. The van der Waals surface area contributed by atoms with Gasteiger partial charge in [0.1, 0.15) is 0 Å². The SMILES string of the molecule is Cc1cc(C)c(B(c2cc3c4c(c2)C(C)(C)c2cc(B(c5c(C)cc(C)cc5C)c5c(C)cc(C)cc5C)cc5c2N4c2c(cc(B(c4c(C)cc(C)cc4C)c4c(C)cc(C)cc4C)cc2C5(C)C)C3(C)C)c2c(C)cc(C)cc2C)c(C)c1. The van der Waals surface area contributed by atoms with Crippen LogP contribution in [0.4, 0.5) is 17.1 Å². The summed E-state index contributed by atoms with van der Waals surface area (Å²) in [5, 5.41) is 0. The minimum absolute atomic E-state index is 0.00920. The number of aryl methyl sites for hydroxylation is 18. The van der Waals surface area contributed by atoms with Gasteiger partial charge in [-0.3, -0.25) is 0 Å². The summed E-state index contributed by atoms with van der Waals surface area (Å²) in [5.41, 5.74) is 48.2. The summed E-state index contributed by atoms with van der Waals surface area (Å²) in [6.45, 7) is 57.4. The quantitative estimate of drug-likeness (QED) is 0.130. The molecule has 1 nitrogen and oxygen atoms in total. The van der Waals surface area contributed by atoms with Gasteiger partial charge < -0.3 is 4.90 Å². The Bertz CT molecular complexity index is 3550. The molecule has 0 saturated heterocycles. The highest BCUT2D eigenvalue weighted by Gasteiger charge is 2.54. The largest absolute Gasteiger partial charge is 0.309 e. The number of hydrogen-bond acceptors (Lipinski definition) is 1. The molecule has 0 saturated carbocycles. The standard InChI is InChI=1S/C81H90B3N/c1-43-25-49(7)70(50(8)26-43)82(71-51(9)27-44(2)28-52(71)10)61-37-64-76-65(38-61)80(21,22)67-40-63(84(74-57(15)33-47(5)34-58(74)16)75-59(17)35-48(6)36-60(75)18)42-69-78(67)85(76)77-66(79(64,19)20)39-62(41-68(77)81(69,23)24)83(72-53(11)29-45(3)30-54(72)12)73-55(13)31-46(4)32-56(73)14/h25-42H,1-24H3. The molecular formula is C81H90B3N. The summed E-state index contributed by atoms with van der Waals surface area (Å²) in [6, 6.07) is 45.3. The second kappa shape index (κ2) is 20.0. The zero-order chi connectivity index (χ0) is 61.3. The third-order valence-electron chi connectivity index (χ3n) is 21.3. The predicted molar refractivity (Wildman–Crippen MR) is 375 cm³/mol. The van der Waals surface area contributed by atoms with Gasteiger partial charge in [0.25, 0.3) is 0 Å². The lowest BCUT2D eigenvalue weighted by atomic mass is 9.33. The Morgan fingerprint density at radius 1 is 0.212 bits per heavy atom. The zero-order valence-corrected chi connectivity index (χ0v) is 56.1. The van der Waals surface area contributed by atoms with Gasteiger partial charge in [-0.1, -0.05) is 300 Å². The van der Waals surface area contributed by atoms with Gasteiger partial charge in [0.05, 0.1) is 17.1 Å². The van der Waals surface area contributed by atoms with Crippen LogP contribution in [0, 0.1) is 125 Å². The molecule has 9 aromatic carbocycles. The fourth-order valence-corrected chi connectivity index (χ4v) is 18.1. The summed E-state index contributed by atoms with van der Waals surface area (Å²) in [5.74, 6) is 0. The molecule has 0 amide bonds. The maximum Gasteiger partial charge on any atom is 0.242 e. The second-order valence-corrected chi connectivity index (χ2v) is 29.3. The van der Waals surface area contributed by atoms with Gasteiger partial charge in [-0.15, -0.1) is 0 Å². The molecule has 0 aromatic heterocycles. The van der Waals surface area contributed by atoms with Crippen molar-refractivity contribution in [3.63, 3.8) is 0 Å². The molecule has 0 fully saturated rings. The number of anilines is 3. The molecule has 4 heteroatoms. The van der Waals surface area contributed by atoms with E-state index >= 15 is 0 Å². The van der Waals surface area contributed by atoms with Crippen LogP contribution in [-0.2, 0) is 16.2 Å². The molecule has 0 atom stereocenters. The lowest BCUT2D eigenvalue weighted by Crippen LogP contribution is -2.58. The van der Waals surface area contributed by atoms with Crippen molar-refractivity contribution in [3.05, 3.63) is 243 Å². The van der Waals surface area contributed by atoms with E-state index in [0.29, 0.717) is 0 Å². The molecule has 3 aliphatic heterocycles. The van der Waals surface area contributed by atoms with Crippen LogP contribution < -0.4 is 54.1 Å². The highest BCUT2D eigenvalue weighted by atomic mass is 15.2. The van der Waals surface area contributed by atoms with Crippen molar-refractivity contribution in [1.82, 2.24) is 0 Å². The molecule has 0 bridgehead atoms. The lowest BCUT2D eigenvalue weighted by Gasteiger charge is -2.55. The number of nitrogens with zero attached hydrogens (tertiary/aromatic N) is 1. The predicted octanol–water partition coefficient (Wildman–Crippen LogP) is 14.2. The Morgan fingerprint density at radius 2 is 0.341 bits per heavy atom. The highest BCUT2D eigenvalue weighted by molar-refractivity contribution is 6.98. The molecule has 0 aliphatic carbocycles. The average molecular weight is 1110 g/mol. The Morgan fingerprint density at radius 3 is 0.471 bits per heavy atom. The van der Waals surface area contributed by atoms with Gasteiger partial charge in [0.15, 0.2) is 0 Å². The smallest absolute Gasteiger partial charge is 0.242 e. The molecule has 85 heavy (non-hydrogen) atoms. The van der Waals surface area contributed by atoms with Crippen molar-refractivity contribution >= 4 is 86.4 Å². The first kappa shape index (κ1) is 58.4. The van der Waals surface area contributed by atoms with Crippen LogP contribution in [0.15, 0.2) is 109 Å². The van der Waals surface area contributed by atoms with Gasteiger partial charge in [0, 0.05) is 16.2 Å². The van der Waals surface area contributed by atoms with Gasteiger partial charge in [0.2, 0.25) is 20.1 Å². The van der Waals surface area contributed by atoms with Crippen molar-refractivity contribution < 1.29 is 0 Å². The summed E-state index contributed by atoms with van der Waals surface area (Å²) in [4.78, 5) is 2.83. The second-order valence-electron chi connectivity index (χ2n) is 29.3. The minimum Gasteiger partial charge on any atom is -0.309 e. The molecule has 428 valence electrons. The molecule has 12 rings (SSSR count). The number of benzene rings is 9. The van der Waals surface area contributed by atoms with Crippen molar-refractivity contribution in [2.75, 3.05) is 4.90 Å². The van der Waals surface area contributed by atoms with Crippen molar-refractivity contribution in [2.24, 2.45) is 0 Å². The van der Waals surface area contributed by atoms with Gasteiger partial charge >= 0.3 is 0 Å². The third kappa shape index (κ3) is 8.86. The van der Waals surface area contributed by atoms with E-state index in [2.05, 4.69) is 280 Å². The Hall–Kier alpha value is -7.03. The van der Waals surface area contributed by atoms with Gasteiger partial charge in [-0.2, -0.15) is 0 Å². The molecule has 0 spiro atoms. The number of rotatable bonds is 9. The molecule has 3 aliphatic rings. The maximum absolute atomic E-state index is 2.83. The fourth-order valence-electron chi connectivity index (χ4n) is 18.1. The summed E-state index contributed by atoms with van der Waals surface area (Å²) in [7, 11) is 0. The average Bonchev–Trinajstić information content (AvgIpc) is 0.675. The minimum atomic E-state index is -0.400. The zero-order valence-electron chi connectivity index (χ0n) is 56.1. The topological polar surface area (TPSA) is 3.24 Å². The third-order valence-corrected chi connectivity index (χ3v) is 21.3. The normalized spacial score (nSPS) is 14.6. The lowest BCUT2D eigenvalue weighted by molar-refractivity contribution is 0.568. The maximum atomic E-state index is 2.83. The van der Waals surface area contributed by atoms with E-state index in [9.17, 15) is 0 Å². The summed E-state index contributed by atoms with van der Waals surface area (Å²) in [6.07, 6.45) is 0. The monoisotopic (exact) mass is 1110 g/mol. The van der Waals surface area contributed by atoms with E-state index in [4.69, 9.17) is 0 Å². The molecular weight excluding hydrogens is 1020 g/mol. The van der Waals surface area contributed by atoms with Crippen LogP contribution in [0.5, 0.6) is 0 Å². The van der Waals surface area contributed by atoms with Crippen LogP contribution in [0.1, 0.15) is 175 Å². The van der Waals surface area contributed by atoms with E-state index in [0.717, 1.165) is 0 Å². The summed E-state index contributed by atoms with van der Waals surface area (Å²) < 4.78 is 0. The first-order valence-electron chi connectivity index (χ1n) is 31.7. The summed E-state index contributed by atoms with van der Waals surface area (Å²) >= 11 is 0. The Balaban J connectivity index is 1.26. The van der Waals surface area contributed by atoms with Crippen LogP contribution in [-0.4, -0.2) is 20.1 Å². The van der Waals surface area contributed by atoms with Gasteiger partial charge in [-0.25, -0.2) is 0 Å². The van der Waals surface area contributed by atoms with Crippen molar-refractivity contribution in [2.45, 2.75) is 182 Å². The van der Waals surface area contributed by atoms with Crippen molar-refractivity contribution in [3.8, 4) is 0 Å². The van der Waals surface area contributed by atoms with Crippen LogP contribution in [0.25, 0.3) is 0 Å². The molecule has 0 radical (unpaired) electrons. The first-order valence-corrected chi connectivity index (χ1v) is 31.7. The molecule has 0 unspecified atom stereocenters. The molecule has 0 N–H and O–H groups in total. The van der Waals surface area contributed by atoms with E-state index < -0.39 is 16.2 Å². The van der Waals surface area contributed by atoms with Crippen LogP contribution in [0.2, 0.25) is 0 Å². The van der Waals surface area contributed by atoms with E-state index in [-0.39, 0.29) is 20.1 Å². The Labute approximate surface area is 513 Å². The van der Waals surface area contributed by atoms with E-state index in [1.807, 2.05) is 0 Å². The molecule has 3 heterocycles. The fraction of sp³-hybridized carbons (Fsp3) is 0.333. The van der Waals surface area contributed by atoms with Crippen molar-refractivity contribution in [1.29, 1.82) is 0 Å². The molecule has 9 aromatic rings. The van der Waals surface area contributed by atoms with Gasteiger partial charge in [-0.05, 0) is 158 Å².